The average molecular weight is 405 g/mol. The topological polar surface area (TPSA) is 52.5 Å². The molecular weight excluding hydrogens is 381 g/mol. The summed E-state index contributed by atoms with van der Waals surface area (Å²) in [7, 11) is 6.07. The highest BCUT2D eigenvalue weighted by atomic mass is 16.5. The Labute approximate surface area is 184 Å². The lowest BCUT2D eigenvalue weighted by atomic mass is 10.0. The van der Waals surface area contributed by atoms with Gasteiger partial charge in [0.1, 0.15) is 11.5 Å². The minimum Gasteiger partial charge on any atom is -0.457 e. The molecule has 0 fully saturated rings. The Balaban J connectivity index is 1.57. The van der Waals surface area contributed by atoms with Crippen molar-refractivity contribution in [3.63, 3.8) is 0 Å². The van der Waals surface area contributed by atoms with Gasteiger partial charge >= 0.3 is 0 Å². The van der Waals surface area contributed by atoms with Gasteiger partial charge in [-0.05, 0) is 85.8 Å². The second kappa shape index (κ2) is 9.50. The van der Waals surface area contributed by atoms with Crippen LogP contribution < -0.4 is 10.5 Å². The number of benzene rings is 2. The lowest BCUT2D eigenvalue weighted by molar-refractivity contribution is 0.482. The van der Waals surface area contributed by atoms with E-state index >= 15 is 0 Å². The van der Waals surface area contributed by atoms with Crippen molar-refractivity contribution < 1.29 is 4.74 Å². The molecule has 2 aromatic carbocycles. The number of hydrogen-bond acceptors (Lipinski definition) is 3. The maximum Gasteiger partial charge on any atom is 0.234 e. The molecule has 2 heterocycles. The molecule has 2 radical (unpaired) electrons. The standard InChI is InChI=1S/C26H24BN3O/c1-19-17-21(29-26(19)24(14-15-28)25-11-6-16-30(25)27)13-12-20-7-5-10-23(18-20)31-22-8-3-2-4-9-22/h2-13,16-18H,14-15,28H2,1H3/b13-12+,26-24-. The summed E-state index contributed by atoms with van der Waals surface area (Å²) in [6.45, 7) is 2.60. The minimum absolute atomic E-state index is 0.534. The summed E-state index contributed by atoms with van der Waals surface area (Å²) in [5, 5.41) is 0. The van der Waals surface area contributed by atoms with E-state index in [1.807, 2.05) is 85.1 Å². The zero-order valence-electron chi connectivity index (χ0n) is 17.5. The minimum atomic E-state index is 0.534. The molecule has 0 aliphatic carbocycles. The molecule has 0 saturated carbocycles. The second-order valence-corrected chi connectivity index (χ2v) is 7.35. The molecule has 31 heavy (non-hydrogen) atoms. The molecule has 1 aliphatic rings. The van der Waals surface area contributed by atoms with Crippen molar-refractivity contribution in [2.75, 3.05) is 6.54 Å². The molecule has 3 aromatic rings. The molecule has 0 spiro atoms. The number of aromatic nitrogens is 1. The second-order valence-electron chi connectivity index (χ2n) is 7.35. The fraction of sp³-hybridized carbons (Fsp3) is 0.115. The Morgan fingerprint density at radius 1 is 1.03 bits per heavy atom. The summed E-state index contributed by atoms with van der Waals surface area (Å²) in [4.78, 5) is 4.85. The number of rotatable bonds is 7. The Bertz CT molecular complexity index is 1190. The molecule has 0 atom stereocenters. The van der Waals surface area contributed by atoms with Gasteiger partial charge in [0, 0.05) is 11.3 Å². The zero-order chi connectivity index (χ0) is 21.6. The molecule has 152 valence electrons. The van der Waals surface area contributed by atoms with Gasteiger partial charge in [-0.25, -0.2) is 4.99 Å². The Morgan fingerprint density at radius 2 is 1.84 bits per heavy atom. The van der Waals surface area contributed by atoms with Crippen LogP contribution in [0, 0.1) is 0 Å². The monoisotopic (exact) mass is 405 g/mol. The van der Waals surface area contributed by atoms with Gasteiger partial charge in [0.05, 0.1) is 11.4 Å². The van der Waals surface area contributed by atoms with E-state index in [0.29, 0.717) is 13.0 Å². The van der Waals surface area contributed by atoms with E-state index in [4.69, 9.17) is 23.4 Å². The number of ether oxygens (including phenoxy) is 1. The third kappa shape index (κ3) is 4.96. The van der Waals surface area contributed by atoms with Gasteiger partial charge in [0.15, 0.2) is 0 Å². The van der Waals surface area contributed by atoms with Crippen molar-refractivity contribution in [1.82, 2.24) is 4.48 Å². The fourth-order valence-corrected chi connectivity index (χ4v) is 3.58. The van der Waals surface area contributed by atoms with Crippen molar-refractivity contribution in [2.45, 2.75) is 13.3 Å². The van der Waals surface area contributed by atoms with E-state index in [2.05, 4.69) is 13.0 Å². The molecule has 1 aliphatic heterocycles. The van der Waals surface area contributed by atoms with Gasteiger partial charge in [0.25, 0.3) is 0 Å². The van der Waals surface area contributed by atoms with Crippen molar-refractivity contribution in [1.29, 1.82) is 0 Å². The lowest BCUT2D eigenvalue weighted by Gasteiger charge is -2.11. The molecular formula is C26H24BN3O. The Kier molecular flexibility index (Phi) is 6.34. The number of hydrogen-bond donors (Lipinski definition) is 1. The quantitative estimate of drug-likeness (QED) is 0.536. The van der Waals surface area contributed by atoms with Crippen molar-refractivity contribution >= 4 is 25.3 Å². The smallest absolute Gasteiger partial charge is 0.234 e. The Morgan fingerprint density at radius 3 is 2.58 bits per heavy atom. The van der Waals surface area contributed by atoms with Crippen LogP contribution in [0.1, 0.15) is 24.6 Å². The van der Waals surface area contributed by atoms with E-state index < -0.39 is 0 Å². The number of nitrogens with two attached hydrogens (primary N) is 1. The van der Waals surface area contributed by atoms with Crippen LogP contribution in [0.5, 0.6) is 11.5 Å². The lowest BCUT2D eigenvalue weighted by Crippen LogP contribution is -2.05. The predicted octanol–water partition coefficient (Wildman–Crippen LogP) is 5.39. The zero-order valence-corrected chi connectivity index (χ0v) is 17.5. The van der Waals surface area contributed by atoms with Crippen LogP contribution >= 0.6 is 0 Å². The highest BCUT2D eigenvalue weighted by molar-refractivity contribution is 6.11. The van der Waals surface area contributed by atoms with E-state index in [-0.39, 0.29) is 0 Å². The highest BCUT2D eigenvalue weighted by Gasteiger charge is 2.16. The van der Waals surface area contributed by atoms with E-state index in [1.54, 1.807) is 4.48 Å². The predicted molar refractivity (Wildman–Crippen MR) is 129 cm³/mol. The summed E-state index contributed by atoms with van der Waals surface area (Å²) in [5.74, 6) is 1.61. The first-order valence-corrected chi connectivity index (χ1v) is 10.3. The molecule has 5 heteroatoms. The first-order valence-electron chi connectivity index (χ1n) is 10.3. The fourth-order valence-electron chi connectivity index (χ4n) is 3.58. The van der Waals surface area contributed by atoms with Crippen LogP contribution in [0.4, 0.5) is 0 Å². The van der Waals surface area contributed by atoms with Crippen LogP contribution in [-0.2, 0) is 0 Å². The summed E-state index contributed by atoms with van der Waals surface area (Å²) in [6, 6.07) is 21.7. The molecule has 4 rings (SSSR count). The Hall–Kier alpha value is -3.57. The van der Waals surface area contributed by atoms with Gasteiger partial charge in [-0.1, -0.05) is 36.4 Å². The summed E-state index contributed by atoms with van der Waals surface area (Å²) < 4.78 is 7.54. The van der Waals surface area contributed by atoms with Crippen LogP contribution in [0.2, 0.25) is 0 Å². The molecule has 2 N–H and O–H groups in total. The molecule has 0 amide bonds. The van der Waals surface area contributed by atoms with E-state index in [0.717, 1.165) is 45.3 Å². The SMILES string of the molecule is [B]n1cccc1/C(CCN)=C1N=C(/C=C/c2cccc(Oc3ccccc3)c2)C=C\1C. The van der Waals surface area contributed by atoms with Crippen LogP contribution in [0.3, 0.4) is 0 Å². The van der Waals surface area contributed by atoms with Crippen LogP contribution in [-0.4, -0.2) is 24.7 Å². The number of aliphatic imine (C=N–C) groups is 1. The number of nitrogens with zero attached hydrogens (tertiary/aromatic N) is 2. The summed E-state index contributed by atoms with van der Waals surface area (Å²) in [6.07, 6.45) is 8.67. The third-order valence-corrected chi connectivity index (χ3v) is 5.03. The maximum absolute atomic E-state index is 6.07. The van der Waals surface area contributed by atoms with E-state index in [9.17, 15) is 0 Å². The van der Waals surface area contributed by atoms with Gasteiger partial charge < -0.3 is 14.9 Å². The molecule has 1 aromatic heterocycles. The summed E-state index contributed by atoms with van der Waals surface area (Å²) in [5.41, 5.74) is 11.8. The molecule has 4 nitrogen and oxygen atoms in total. The van der Waals surface area contributed by atoms with Crippen LogP contribution in [0.25, 0.3) is 11.6 Å². The van der Waals surface area contributed by atoms with Crippen molar-refractivity contribution in [3.05, 3.63) is 108 Å². The molecule has 0 saturated heterocycles. The van der Waals surface area contributed by atoms with E-state index in [1.165, 1.54) is 0 Å². The highest BCUT2D eigenvalue weighted by Crippen LogP contribution is 2.31. The normalized spacial score (nSPS) is 15.2. The first-order chi connectivity index (χ1) is 15.1. The number of para-hydroxylation sites is 1. The largest absolute Gasteiger partial charge is 0.457 e. The van der Waals surface area contributed by atoms with Crippen molar-refractivity contribution in [3.8, 4) is 11.5 Å². The van der Waals surface area contributed by atoms with Gasteiger partial charge in [-0.15, -0.1) is 0 Å². The number of allylic oxidation sites excluding steroid dienone is 3. The summed E-state index contributed by atoms with van der Waals surface area (Å²) >= 11 is 0. The van der Waals surface area contributed by atoms with Crippen LogP contribution in [0.15, 0.2) is 101 Å². The molecule has 0 bridgehead atoms. The average Bonchev–Trinajstić information content (AvgIpc) is 3.37. The maximum atomic E-state index is 6.07. The van der Waals surface area contributed by atoms with Gasteiger partial charge in [-0.3, -0.25) is 0 Å². The van der Waals surface area contributed by atoms with Crippen molar-refractivity contribution in [2.24, 2.45) is 10.7 Å². The third-order valence-electron chi connectivity index (χ3n) is 5.03. The van der Waals surface area contributed by atoms with Gasteiger partial charge in [-0.2, -0.15) is 0 Å². The first kappa shape index (κ1) is 20.7. The van der Waals surface area contributed by atoms with Gasteiger partial charge in [0.2, 0.25) is 7.98 Å². The molecule has 0 unspecified atom stereocenters.